The van der Waals surface area contributed by atoms with Crippen molar-refractivity contribution in [2.45, 2.75) is 106 Å². The highest BCUT2D eigenvalue weighted by Gasteiger charge is 2.35. The van der Waals surface area contributed by atoms with Crippen molar-refractivity contribution in [3.63, 3.8) is 0 Å². The van der Waals surface area contributed by atoms with Gasteiger partial charge in [0.1, 0.15) is 27.3 Å². The molecule has 8 rings (SSSR count). The predicted molar refractivity (Wildman–Crippen MR) is 250 cm³/mol. The Labute approximate surface area is 384 Å². The van der Waals surface area contributed by atoms with E-state index in [0.29, 0.717) is 22.9 Å². The van der Waals surface area contributed by atoms with Crippen LogP contribution in [0, 0.1) is 6.92 Å². The molecule has 1 aliphatic carbocycles. The molecule has 4 aromatic carbocycles. The second-order valence-electron chi connectivity index (χ2n) is 17.1. The molecule has 0 bridgehead atoms. The molecule has 65 heavy (non-hydrogen) atoms. The number of carbonyl (C=O) groups is 1. The smallest absolute Gasteiger partial charge is 0.306 e. The summed E-state index contributed by atoms with van der Waals surface area (Å²) in [6.45, 7) is 9.38. The third-order valence-electron chi connectivity index (χ3n) is 12.2. The number of carbonyl (C=O) groups excluding carboxylic acids is 1. The molecule has 4 unspecified atom stereocenters. The van der Waals surface area contributed by atoms with Crippen LogP contribution in [0.25, 0.3) is 11.0 Å². The lowest BCUT2D eigenvalue weighted by Crippen LogP contribution is -2.35. The molecule has 342 valence electrons. The van der Waals surface area contributed by atoms with Crippen molar-refractivity contribution in [2.75, 3.05) is 23.8 Å². The number of esters is 1. The Morgan fingerprint density at radius 2 is 1.80 bits per heavy atom. The Morgan fingerprint density at radius 1 is 1.03 bits per heavy atom. The van der Waals surface area contributed by atoms with Crippen LogP contribution in [0.5, 0.6) is 5.75 Å². The summed E-state index contributed by atoms with van der Waals surface area (Å²) < 4.78 is 69.2. The van der Waals surface area contributed by atoms with Gasteiger partial charge in [-0.2, -0.15) is 9.29 Å². The number of fused-ring (bicyclic) bond motifs is 2. The molecule has 15 nitrogen and oxygen atoms in total. The van der Waals surface area contributed by atoms with Crippen LogP contribution in [0.2, 0.25) is 5.02 Å². The number of sulfone groups is 1. The Bertz CT molecular complexity index is 2980. The summed E-state index contributed by atoms with van der Waals surface area (Å²) in [5.74, 6) is 0.215. The van der Waals surface area contributed by atoms with Gasteiger partial charge < -0.3 is 20.1 Å². The van der Waals surface area contributed by atoms with E-state index in [4.69, 9.17) is 21.1 Å². The molecule has 2 aliphatic rings. The second-order valence-corrected chi connectivity index (χ2v) is 21.9. The zero-order valence-electron chi connectivity index (χ0n) is 37.2. The van der Waals surface area contributed by atoms with E-state index in [1.165, 1.54) is 10.5 Å². The summed E-state index contributed by atoms with van der Waals surface area (Å²) in [7, 11) is -5.62. The van der Waals surface area contributed by atoms with Gasteiger partial charge in [-0.15, -0.1) is 5.10 Å². The number of sulfonamides is 1. The molecule has 0 saturated heterocycles. The summed E-state index contributed by atoms with van der Waals surface area (Å²) in [5.41, 5.74) is 6.42. The van der Waals surface area contributed by atoms with E-state index >= 15 is 0 Å². The Balaban J connectivity index is 1.08. The first-order chi connectivity index (χ1) is 31.0. The molecule has 1 fully saturated rings. The minimum absolute atomic E-state index is 0.0205. The first-order valence-electron chi connectivity index (χ1n) is 21.8. The number of hydrogen-bond donors (Lipinski definition) is 2. The fourth-order valence-corrected chi connectivity index (χ4v) is 11.8. The molecule has 0 radical (unpaired) electrons. The highest BCUT2D eigenvalue weighted by atomic mass is 35.5. The van der Waals surface area contributed by atoms with Gasteiger partial charge in [0.15, 0.2) is 15.7 Å². The van der Waals surface area contributed by atoms with E-state index in [0.717, 1.165) is 52.6 Å². The van der Waals surface area contributed by atoms with Crippen molar-refractivity contribution >= 4 is 65.9 Å². The number of nitrogens with one attached hydrogen (secondary N) is 2. The third-order valence-corrected chi connectivity index (χ3v) is 16.6. The number of halogens is 1. The summed E-state index contributed by atoms with van der Waals surface area (Å²) in [6.07, 6.45) is 3.51. The normalized spacial score (nSPS) is 19.0. The van der Waals surface area contributed by atoms with E-state index in [2.05, 4.69) is 37.0 Å². The lowest BCUT2D eigenvalue weighted by Gasteiger charge is -2.24. The number of benzene rings is 4. The van der Waals surface area contributed by atoms with Crippen LogP contribution >= 0.6 is 11.6 Å². The monoisotopic (exact) mass is 940 g/mol. The van der Waals surface area contributed by atoms with Crippen molar-refractivity contribution < 1.29 is 31.1 Å². The van der Waals surface area contributed by atoms with Crippen LogP contribution < -0.4 is 15.4 Å². The fraction of sp³-hybridized carbons (Fsp3) is 0.383. The maximum absolute atomic E-state index is 14.0. The van der Waals surface area contributed by atoms with E-state index < -0.39 is 31.0 Å². The van der Waals surface area contributed by atoms with Gasteiger partial charge in [0.25, 0.3) is 0 Å². The van der Waals surface area contributed by atoms with Crippen LogP contribution in [0.1, 0.15) is 93.0 Å². The maximum atomic E-state index is 14.0. The number of rotatable bonds is 14. The minimum atomic E-state index is -3.89. The van der Waals surface area contributed by atoms with E-state index in [1.54, 1.807) is 74.0 Å². The Morgan fingerprint density at radius 3 is 2.58 bits per heavy atom. The molecule has 18 heteroatoms. The number of ether oxygens (including phenoxy) is 2. The van der Waals surface area contributed by atoms with Crippen LogP contribution in [-0.4, -0.2) is 82.6 Å². The third kappa shape index (κ3) is 9.55. The summed E-state index contributed by atoms with van der Waals surface area (Å²) >= 11 is 6.55. The zero-order chi connectivity index (χ0) is 46.2. The average Bonchev–Trinajstić information content (AvgIpc) is 3.88. The number of hydrogen-bond acceptors (Lipinski definition) is 13. The van der Waals surface area contributed by atoms with Gasteiger partial charge in [0, 0.05) is 25.6 Å². The molecule has 6 aromatic rings. The fourth-order valence-electron chi connectivity index (χ4n) is 8.84. The van der Waals surface area contributed by atoms with Crippen molar-refractivity contribution in [1.82, 2.24) is 29.3 Å². The summed E-state index contributed by atoms with van der Waals surface area (Å²) in [4.78, 5) is 22.8. The minimum Gasteiger partial charge on any atom is -0.488 e. The van der Waals surface area contributed by atoms with Crippen molar-refractivity contribution in [2.24, 2.45) is 7.05 Å². The van der Waals surface area contributed by atoms with Gasteiger partial charge in [-0.3, -0.25) is 4.79 Å². The molecule has 2 aromatic heterocycles. The molecule has 0 amide bonds. The van der Waals surface area contributed by atoms with E-state index in [1.807, 2.05) is 45.2 Å². The van der Waals surface area contributed by atoms with Gasteiger partial charge in [0.2, 0.25) is 16.0 Å². The standard InChI is InChI=1S/C47H53ClN8O7S2/c1-7-62-44(57)24-36(31-17-16-29(4)34(20-31)27-56-26-30(5)63-41-13-9-11-15-43(41)65(56,60)61)33-22-37(45-40(23-33)53-54-55(45)6)32-18-19-35(21-32)50-47-49-25-38(48)46(52-47)51-39-12-8-10-14-42(39)64(58,59)28(2)3/h8-17,20,22-23,25,28,30,32,35-36H,7,18-19,21,24,26-27H2,1-6H3,(H2,49,50,51,52). The number of anilines is 3. The van der Waals surface area contributed by atoms with E-state index in [9.17, 15) is 21.6 Å². The molecule has 3 heterocycles. The lowest BCUT2D eigenvalue weighted by atomic mass is 9.84. The van der Waals surface area contributed by atoms with Crippen LogP contribution in [0.3, 0.4) is 0 Å². The topological polar surface area (TPSA) is 188 Å². The molecule has 2 N–H and O–H groups in total. The van der Waals surface area contributed by atoms with Crippen LogP contribution in [0.15, 0.2) is 94.9 Å². The summed E-state index contributed by atoms with van der Waals surface area (Å²) in [6, 6.07) is 23.5. The van der Waals surface area contributed by atoms with Crippen LogP contribution in [-0.2, 0) is 43.0 Å². The Hall–Kier alpha value is -5.62. The molecular weight excluding hydrogens is 888 g/mol. The van der Waals surface area contributed by atoms with Crippen LogP contribution in [0.4, 0.5) is 17.5 Å². The first-order valence-corrected chi connectivity index (χ1v) is 25.1. The van der Waals surface area contributed by atoms with Gasteiger partial charge in [-0.05, 0) is 118 Å². The lowest BCUT2D eigenvalue weighted by molar-refractivity contribution is -0.143. The Kier molecular flexibility index (Phi) is 13.2. The maximum Gasteiger partial charge on any atom is 0.306 e. The number of para-hydroxylation sites is 2. The van der Waals surface area contributed by atoms with Gasteiger partial charge >= 0.3 is 5.97 Å². The summed E-state index contributed by atoms with van der Waals surface area (Å²) in [5, 5.41) is 15.2. The molecular formula is C47H53ClN8O7S2. The molecule has 1 aliphatic heterocycles. The number of nitrogens with zero attached hydrogens (tertiary/aromatic N) is 6. The molecule has 4 atom stereocenters. The van der Waals surface area contributed by atoms with Crippen molar-refractivity contribution in [3.05, 3.63) is 118 Å². The quantitative estimate of drug-likeness (QED) is 0.0992. The van der Waals surface area contributed by atoms with E-state index in [-0.39, 0.29) is 70.8 Å². The number of aryl methyl sites for hydroxylation is 2. The van der Waals surface area contributed by atoms with Gasteiger partial charge in [-0.1, -0.05) is 65.3 Å². The highest BCUT2D eigenvalue weighted by Crippen LogP contribution is 2.42. The predicted octanol–water partition coefficient (Wildman–Crippen LogP) is 8.45. The first kappa shape index (κ1) is 45.9. The number of aromatic nitrogens is 5. The molecule has 0 spiro atoms. The average molecular weight is 942 g/mol. The largest absolute Gasteiger partial charge is 0.488 e. The second kappa shape index (κ2) is 18.7. The molecule has 1 saturated carbocycles. The highest BCUT2D eigenvalue weighted by molar-refractivity contribution is 7.92. The zero-order valence-corrected chi connectivity index (χ0v) is 39.5. The SMILES string of the molecule is CCOC(=O)CC(c1ccc(C)c(CN2CC(C)Oc3ccccc3S2(=O)=O)c1)c1cc(C2CCC(Nc3ncc(Cl)c(Nc4ccccc4S(=O)(=O)C(C)C)n3)C2)c2c(c1)nnn2C. The van der Waals surface area contributed by atoms with Crippen molar-refractivity contribution in [3.8, 4) is 5.75 Å². The van der Waals surface area contributed by atoms with Gasteiger partial charge in [-0.25, -0.2) is 26.5 Å². The van der Waals surface area contributed by atoms with Crippen molar-refractivity contribution in [1.29, 1.82) is 0 Å². The van der Waals surface area contributed by atoms with Gasteiger partial charge in [0.05, 0.1) is 47.1 Å².